The van der Waals surface area contributed by atoms with Gasteiger partial charge in [0.15, 0.2) is 0 Å². The number of rotatable bonds is 5. The number of benzene rings is 1. The first-order valence-corrected chi connectivity index (χ1v) is 7.22. The van der Waals surface area contributed by atoms with E-state index in [0.717, 1.165) is 36.4 Å². The van der Waals surface area contributed by atoms with E-state index in [1.807, 2.05) is 24.3 Å². The number of amides is 2. The molecule has 0 atom stereocenters. The van der Waals surface area contributed by atoms with Crippen molar-refractivity contribution in [1.29, 1.82) is 0 Å². The molecule has 1 fully saturated rings. The second-order valence-electron chi connectivity index (χ2n) is 5.65. The lowest BCUT2D eigenvalue weighted by atomic mass is 10.1. The topological polar surface area (TPSA) is 41.1 Å². The molecule has 0 unspecified atom stereocenters. The molecule has 19 heavy (non-hydrogen) atoms. The van der Waals surface area contributed by atoms with Crippen molar-refractivity contribution in [3.63, 3.8) is 0 Å². The number of halogens is 1. The van der Waals surface area contributed by atoms with E-state index < -0.39 is 0 Å². The molecule has 1 saturated carbocycles. The van der Waals surface area contributed by atoms with Crippen LogP contribution in [0.5, 0.6) is 0 Å². The van der Waals surface area contributed by atoms with E-state index in [-0.39, 0.29) is 11.6 Å². The molecule has 1 aromatic carbocycles. The van der Waals surface area contributed by atoms with E-state index in [2.05, 4.69) is 24.5 Å². The van der Waals surface area contributed by atoms with Gasteiger partial charge in [-0.15, -0.1) is 0 Å². The van der Waals surface area contributed by atoms with Crippen LogP contribution in [0.15, 0.2) is 24.3 Å². The van der Waals surface area contributed by atoms with Gasteiger partial charge in [0.2, 0.25) is 0 Å². The van der Waals surface area contributed by atoms with Crippen molar-refractivity contribution in [3.8, 4) is 0 Å². The van der Waals surface area contributed by atoms with E-state index in [4.69, 9.17) is 11.6 Å². The first-order chi connectivity index (χ1) is 9.02. The molecule has 1 aliphatic carbocycles. The van der Waals surface area contributed by atoms with E-state index >= 15 is 0 Å². The summed E-state index contributed by atoms with van der Waals surface area (Å²) in [5.41, 5.74) is 0.961. The first kappa shape index (κ1) is 14.2. The van der Waals surface area contributed by atoms with Gasteiger partial charge in [0.05, 0.1) is 5.54 Å². The van der Waals surface area contributed by atoms with Gasteiger partial charge in [-0.05, 0) is 42.9 Å². The summed E-state index contributed by atoms with van der Waals surface area (Å²) in [5.74, 6) is 0.603. The van der Waals surface area contributed by atoms with Gasteiger partial charge in [-0.2, -0.15) is 0 Å². The van der Waals surface area contributed by atoms with Gasteiger partial charge in [-0.25, -0.2) is 4.79 Å². The maximum absolute atomic E-state index is 11.9. The third kappa shape index (κ3) is 3.87. The predicted molar refractivity (Wildman–Crippen MR) is 78.4 cm³/mol. The van der Waals surface area contributed by atoms with E-state index in [1.165, 1.54) is 0 Å². The second kappa shape index (κ2) is 5.83. The molecule has 0 saturated heterocycles. The summed E-state index contributed by atoms with van der Waals surface area (Å²) >= 11 is 5.89. The van der Waals surface area contributed by atoms with Gasteiger partial charge in [-0.1, -0.05) is 37.6 Å². The summed E-state index contributed by atoms with van der Waals surface area (Å²) in [6, 6.07) is 7.64. The van der Waals surface area contributed by atoms with Gasteiger partial charge in [0.25, 0.3) is 0 Å². The highest BCUT2D eigenvalue weighted by Crippen LogP contribution is 2.45. The molecule has 2 rings (SSSR count). The van der Waals surface area contributed by atoms with Crippen LogP contribution in [0.25, 0.3) is 0 Å². The molecule has 0 heterocycles. The fraction of sp³-hybridized carbons (Fsp3) is 0.533. The Hall–Kier alpha value is -1.22. The summed E-state index contributed by atoms with van der Waals surface area (Å²) < 4.78 is 0. The normalized spacial score (nSPS) is 16.2. The minimum Gasteiger partial charge on any atom is -0.338 e. The van der Waals surface area contributed by atoms with Crippen LogP contribution in [-0.2, 0) is 5.54 Å². The zero-order valence-corrected chi connectivity index (χ0v) is 12.3. The summed E-state index contributed by atoms with van der Waals surface area (Å²) in [6.45, 7) is 5.02. The Bertz CT molecular complexity index is 438. The van der Waals surface area contributed by atoms with Crippen molar-refractivity contribution in [2.75, 3.05) is 6.54 Å². The van der Waals surface area contributed by atoms with Crippen molar-refractivity contribution in [2.45, 2.75) is 38.6 Å². The van der Waals surface area contributed by atoms with Crippen molar-refractivity contribution in [3.05, 3.63) is 34.9 Å². The number of carbonyl (C=O) groups is 1. The van der Waals surface area contributed by atoms with Crippen LogP contribution < -0.4 is 10.6 Å². The average Bonchev–Trinajstić information content (AvgIpc) is 3.10. The fourth-order valence-electron chi connectivity index (χ4n) is 2.12. The van der Waals surface area contributed by atoms with Gasteiger partial charge in [-0.3, -0.25) is 0 Å². The Balaban J connectivity index is 1.87. The summed E-state index contributed by atoms with van der Waals surface area (Å²) in [6.07, 6.45) is 2.99. The number of hydrogen-bond acceptors (Lipinski definition) is 1. The molecule has 1 aromatic rings. The molecule has 2 amide bonds. The van der Waals surface area contributed by atoms with Crippen molar-refractivity contribution >= 4 is 17.6 Å². The average molecular weight is 281 g/mol. The zero-order chi connectivity index (χ0) is 13.9. The zero-order valence-electron chi connectivity index (χ0n) is 11.5. The van der Waals surface area contributed by atoms with Gasteiger partial charge >= 0.3 is 6.03 Å². The SMILES string of the molecule is CC(C)CCNC(=O)NC1(c2ccc(Cl)cc2)CC1. The van der Waals surface area contributed by atoms with Crippen molar-refractivity contribution < 1.29 is 4.79 Å². The molecule has 0 aromatic heterocycles. The van der Waals surface area contributed by atoms with E-state index in [0.29, 0.717) is 5.92 Å². The van der Waals surface area contributed by atoms with E-state index in [9.17, 15) is 4.79 Å². The number of nitrogens with one attached hydrogen (secondary N) is 2. The lowest BCUT2D eigenvalue weighted by Gasteiger charge is -2.18. The maximum Gasteiger partial charge on any atom is 0.315 e. The van der Waals surface area contributed by atoms with E-state index in [1.54, 1.807) is 0 Å². The molecular weight excluding hydrogens is 260 g/mol. The monoisotopic (exact) mass is 280 g/mol. The Labute approximate surface area is 119 Å². The highest BCUT2D eigenvalue weighted by atomic mass is 35.5. The molecule has 4 heteroatoms. The van der Waals surface area contributed by atoms with Gasteiger partial charge in [0, 0.05) is 11.6 Å². The summed E-state index contributed by atoms with van der Waals surface area (Å²) in [4.78, 5) is 11.9. The Morgan fingerprint density at radius 3 is 2.47 bits per heavy atom. The minimum atomic E-state index is -0.174. The summed E-state index contributed by atoms with van der Waals surface area (Å²) in [7, 11) is 0. The predicted octanol–water partition coefficient (Wildman–Crippen LogP) is 3.67. The largest absolute Gasteiger partial charge is 0.338 e. The molecule has 0 aliphatic heterocycles. The maximum atomic E-state index is 11.9. The van der Waals surface area contributed by atoms with Crippen LogP contribution in [0, 0.1) is 5.92 Å². The molecular formula is C15H21ClN2O. The molecule has 104 valence electrons. The number of carbonyl (C=O) groups excluding carboxylic acids is 1. The molecule has 1 aliphatic rings. The van der Waals surface area contributed by atoms with Crippen LogP contribution in [0.2, 0.25) is 5.02 Å². The standard InChI is InChI=1S/C15H21ClN2O/c1-11(2)7-10-17-14(19)18-15(8-9-15)12-3-5-13(16)6-4-12/h3-6,11H,7-10H2,1-2H3,(H2,17,18,19). The molecule has 0 spiro atoms. The lowest BCUT2D eigenvalue weighted by Crippen LogP contribution is -2.42. The molecule has 3 nitrogen and oxygen atoms in total. The molecule has 2 N–H and O–H groups in total. The van der Waals surface area contributed by atoms with Gasteiger partial charge < -0.3 is 10.6 Å². The summed E-state index contributed by atoms with van der Waals surface area (Å²) in [5, 5.41) is 6.72. The molecule has 0 bridgehead atoms. The quantitative estimate of drug-likeness (QED) is 0.849. The Morgan fingerprint density at radius 1 is 1.32 bits per heavy atom. The van der Waals surface area contributed by atoms with Crippen LogP contribution in [0.4, 0.5) is 4.79 Å². The van der Waals surface area contributed by atoms with Crippen molar-refractivity contribution in [1.82, 2.24) is 10.6 Å². The third-order valence-corrected chi connectivity index (χ3v) is 3.76. The van der Waals surface area contributed by atoms with Crippen molar-refractivity contribution in [2.24, 2.45) is 5.92 Å². The Kier molecular flexibility index (Phi) is 4.35. The number of urea groups is 1. The molecule has 0 radical (unpaired) electrons. The fourth-order valence-corrected chi connectivity index (χ4v) is 2.24. The van der Waals surface area contributed by atoms with Crippen LogP contribution in [0.3, 0.4) is 0 Å². The Morgan fingerprint density at radius 2 is 1.95 bits per heavy atom. The minimum absolute atomic E-state index is 0.0758. The van der Waals surface area contributed by atoms with Crippen LogP contribution in [0.1, 0.15) is 38.7 Å². The van der Waals surface area contributed by atoms with Crippen LogP contribution >= 0.6 is 11.6 Å². The number of hydrogen-bond donors (Lipinski definition) is 2. The second-order valence-corrected chi connectivity index (χ2v) is 6.09. The highest BCUT2D eigenvalue weighted by molar-refractivity contribution is 6.30. The first-order valence-electron chi connectivity index (χ1n) is 6.84. The third-order valence-electron chi connectivity index (χ3n) is 3.51. The smallest absolute Gasteiger partial charge is 0.315 e. The highest BCUT2D eigenvalue weighted by Gasteiger charge is 2.45. The lowest BCUT2D eigenvalue weighted by molar-refractivity contribution is 0.235. The van der Waals surface area contributed by atoms with Crippen LogP contribution in [-0.4, -0.2) is 12.6 Å². The van der Waals surface area contributed by atoms with Gasteiger partial charge in [0.1, 0.15) is 0 Å².